The fourth-order valence-electron chi connectivity index (χ4n) is 11.5. The van der Waals surface area contributed by atoms with Gasteiger partial charge in [-0.2, -0.15) is 40.3 Å². The average Bonchev–Trinajstić information content (AvgIpc) is 1.65. The molecule has 0 saturated carbocycles. The topological polar surface area (TPSA) is 414 Å². The van der Waals surface area contributed by atoms with Gasteiger partial charge < -0.3 is 42.7 Å². The number of morpholine rings is 1. The second kappa shape index (κ2) is 31.9. The molecule has 550 valence electrons. The number of phenols is 1. The zero-order valence-electron chi connectivity index (χ0n) is 58.3. The van der Waals surface area contributed by atoms with Gasteiger partial charge in [-0.05, 0) is 121 Å². The summed E-state index contributed by atoms with van der Waals surface area (Å²) in [5.41, 5.74) is 9.89. The number of carbonyl (C=O) groups is 1. The molecule has 13 heterocycles. The Morgan fingerprint density at radius 3 is 1.22 bits per heavy atom. The number of carboxylic acids is 1. The number of aromatic carboxylic acids is 1. The summed E-state index contributed by atoms with van der Waals surface area (Å²) >= 11 is 0. The first-order valence-corrected chi connectivity index (χ1v) is 33.5. The molecule has 1 aliphatic rings. The van der Waals surface area contributed by atoms with Crippen LogP contribution in [0.15, 0.2) is 191 Å². The number of benzene rings is 4. The molecule has 0 bridgehead atoms. The smallest absolute Gasteiger partial charge is 0.335 e. The fourth-order valence-corrected chi connectivity index (χ4v) is 11.5. The van der Waals surface area contributed by atoms with E-state index in [1.807, 2.05) is 92.9 Å². The molecule has 108 heavy (non-hydrogen) atoms. The SMILES string of the molecule is C.COc1ccc(Cn2cnc3c(=O)[nH]c(-n4cc(C)cn4)nc32)cc1.Cc1cnn(-c2nc3c(ncn3Cc3ccc(O)cc3)c(=O)[nH]2)c1.Cc1cnn(-c2nc3ncn(Cc4ccc(C(=O)O)cc4)c3c(=O)[nH]2)c1.Cc1cnn(-c2nc3ncn(Cc4ccc(OCCN5CCOCC5)cc4)c3c(=O)[nH]2)c1. The van der Waals surface area contributed by atoms with Crippen molar-refractivity contribution in [2.45, 2.75) is 61.3 Å². The molecule has 1 aliphatic heterocycles. The minimum absolute atomic E-state index is 0. The summed E-state index contributed by atoms with van der Waals surface area (Å²) in [6.45, 7) is 14.6. The molecule has 1 fully saturated rings. The number of hydrogen-bond donors (Lipinski definition) is 6. The van der Waals surface area contributed by atoms with Gasteiger partial charge in [-0.25, -0.2) is 43.5 Å². The highest BCUT2D eigenvalue weighted by Crippen LogP contribution is 2.20. The summed E-state index contributed by atoms with van der Waals surface area (Å²) in [7, 11) is 1.63. The number of nitrogens with one attached hydrogen (secondary N) is 4. The summed E-state index contributed by atoms with van der Waals surface area (Å²) in [5, 5.41) is 35.0. The number of carboxylic acid groups (broad SMARTS) is 1. The summed E-state index contributed by atoms with van der Waals surface area (Å²) < 4.78 is 29.6. The third-order valence-corrected chi connectivity index (χ3v) is 17.0. The van der Waals surface area contributed by atoms with Crippen molar-refractivity contribution < 1.29 is 29.2 Å². The third-order valence-electron chi connectivity index (χ3n) is 17.0. The molecule has 0 radical (unpaired) electrons. The van der Waals surface area contributed by atoms with Crippen molar-refractivity contribution in [3.8, 4) is 41.0 Å². The van der Waals surface area contributed by atoms with Crippen molar-refractivity contribution in [2.75, 3.05) is 46.6 Å². The lowest BCUT2D eigenvalue weighted by molar-refractivity contribution is 0.0322. The molecule has 0 amide bonds. The van der Waals surface area contributed by atoms with Crippen LogP contribution in [0.2, 0.25) is 0 Å². The number of aromatic nitrogens is 24. The normalized spacial score (nSPS) is 12.1. The Kier molecular flexibility index (Phi) is 21.3. The Balaban J connectivity index is 0.000000127. The van der Waals surface area contributed by atoms with Crippen LogP contribution in [0.25, 0.3) is 68.4 Å². The zero-order valence-corrected chi connectivity index (χ0v) is 58.3. The molecule has 0 spiro atoms. The minimum atomic E-state index is -0.980. The number of aromatic hydroxyl groups is 1. The number of ether oxygens (including phenoxy) is 3. The van der Waals surface area contributed by atoms with E-state index in [1.54, 1.807) is 118 Å². The van der Waals surface area contributed by atoms with Crippen LogP contribution < -0.4 is 31.7 Å². The summed E-state index contributed by atoms with van der Waals surface area (Å²) in [6.07, 6.45) is 20.3. The standard InChI is InChI=1S/C22H25N7O3.C17H14N6O3.C17H16N6O2.C16H14N6O2.CH4/c1-16-12-24-29(13-16)22-25-20-19(21(30)26-22)28(15-23-20)14-17-2-4-18(5-3-17)32-11-8-27-6-9-31-10-7-27;1-10-6-19-23(7-10)17-20-14-13(15(24)21-17)22(9-18-14)8-11-2-4-12(5-3-11)16(25)26;1-11-7-19-23(8-11)17-20-15-14(16(24)21-17)18-10-22(15)9-12-3-5-13(25-2)6-4-12;1-10-6-18-22(7-10)16-19-14-13(15(24)20-16)17-9-21(14)8-11-2-4-12(23)5-3-11;/h2-5,12-13,15H,6-11,14H2,1H3,(H,25,26,30);2-7,9H,8H2,1H3,(H,25,26)(H,20,21,24);3-8,10H,9H2,1-2H3,(H,20,21,24);2-7,9,23H,8H2,1H3,(H,19,20,24);1H4. The number of hydrogen-bond acceptors (Lipinski definition) is 22. The van der Waals surface area contributed by atoms with E-state index in [2.05, 4.69) is 85.1 Å². The lowest BCUT2D eigenvalue weighted by Gasteiger charge is -2.26. The fraction of sp³-hybridized carbons (Fsp3) is 0.219. The third kappa shape index (κ3) is 16.6. The van der Waals surface area contributed by atoms with Crippen molar-refractivity contribution >= 4 is 50.6 Å². The summed E-state index contributed by atoms with van der Waals surface area (Å²) in [5.74, 6) is 2.20. The van der Waals surface area contributed by atoms with Crippen LogP contribution in [-0.2, 0) is 30.9 Å². The molecule has 0 atom stereocenters. The van der Waals surface area contributed by atoms with E-state index in [0.717, 1.165) is 88.9 Å². The molecule has 35 nitrogen and oxygen atoms in total. The Hall–Kier alpha value is -14.1. The highest BCUT2D eigenvalue weighted by atomic mass is 16.5. The molecule has 4 aromatic carbocycles. The van der Waals surface area contributed by atoms with Crippen molar-refractivity contribution in [3.63, 3.8) is 0 Å². The number of H-pyrrole nitrogens is 4. The van der Waals surface area contributed by atoms with E-state index < -0.39 is 5.97 Å². The van der Waals surface area contributed by atoms with Gasteiger partial charge in [0.05, 0.1) is 89.1 Å². The molecule has 12 aromatic heterocycles. The van der Waals surface area contributed by atoms with E-state index >= 15 is 0 Å². The maximum atomic E-state index is 12.7. The van der Waals surface area contributed by atoms with Crippen LogP contribution in [0.4, 0.5) is 0 Å². The predicted molar refractivity (Wildman–Crippen MR) is 397 cm³/mol. The Bertz CT molecular complexity index is 6060. The van der Waals surface area contributed by atoms with Gasteiger partial charge in [0.2, 0.25) is 23.8 Å². The first-order chi connectivity index (χ1) is 51.9. The molecule has 6 N–H and O–H groups in total. The van der Waals surface area contributed by atoms with E-state index in [4.69, 9.17) is 19.3 Å². The second-order valence-corrected chi connectivity index (χ2v) is 25.0. The van der Waals surface area contributed by atoms with Gasteiger partial charge in [-0.3, -0.25) is 44.0 Å². The van der Waals surface area contributed by atoms with Gasteiger partial charge in [0.1, 0.15) is 23.9 Å². The molecular formula is C73H73N25O10. The van der Waals surface area contributed by atoms with Crippen molar-refractivity contribution in [1.82, 2.24) is 122 Å². The maximum absolute atomic E-state index is 12.7. The van der Waals surface area contributed by atoms with Gasteiger partial charge in [0.15, 0.2) is 44.7 Å². The minimum Gasteiger partial charge on any atom is -0.508 e. The van der Waals surface area contributed by atoms with Crippen LogP contribution in [0.3, 0.4) is 0 Å². The molecule has 0 unspecified atom stereocenters. The highest BCUT2D eigenvalue weighted by molar-refractivity contribution is 5.87. The number of aromatic amines is 4. The van der Waals surface area contributed by atoms with Crippen LogP contribution >= 0.6 is 0 Å². The van der Waals surface area contributed by atoms with Gasteiger partial charge >= 0.3 is 5.97 Å². The average molecular weight is 1460 g/mol. The molecule has 17 rings (SSSR count). The lowest BCUT2D eigenvalue weighted by atomic mass is 10.1. The van der Waals surface area contributed by atoms with Crippen molar-refractivity contribution in [1.29, 1.82) is 0 Å². The van der Waals surface area contributed by atoms with E-state index in [-0.39, 0.29) is 46.5 Å². The van der Waals surface area contributed by atoms with E-state index in [0.29, 0.717) is 95.7 Å². The monoisotopic (exact) mass is 1460 g/mol. The largest absolute Gasteiger partial charge is 0.508 e. The number of aryl methyl sites for hydroxylation is 4. The maximum Gasteiger partial charge on any atom is 0.335 e. The molecular weight excluding hydrogens is 1390 g/mol. The summed E-state index contributed by atoms with van der Waals surface area (Å²) in [6, 6.07) is 29.0. The van der Waals surface area contributed by atoms with Gasteiger partial charge in [0.25, 0.3) is 22.2 Å². The molecule has 35 heteroatoms. The predicted octanol–water partition coefficient (Wildman–Crippen LogP) is 6.41. The molecule has 16 aromatic rings. The Morgan fingerprint density at radius 2 is 0.833 bits per heavy atom. The lowest BCUT2D eigenvalue weighted by Crippen LogP contribution is -2.38. The van der Waals surface area contributed by atoms with E-state index in [9.17, 15) is 29.1 Å². The quantitative estimate of drug-likeness (QED) is 0.0540. The van der Waals surface area contributed by atoms with Crippen molar-refractivity contribution in [3.05, 3.63) is 263 Å². The second-order valence-electron chi connectivity index (χ2n) is 25.0. The van der Waals surface area contributed by atoms with E-state index in [1.165, 1.54) is 32.5 Å². The number of rotatable bonds is 18. The number of fused-ring (bicyclic) bond motifs is 4. The number of methoxy groups -OCH3 is 1. The highest BCUT2D eigenvalue weighted by Gasteiger charge is 2.19. The molecule has 1 saturated heterocycles. The first-order valence-electron chi connectivity index (χ1n) is 33.5. The van der Waals surface area contributed by atoms with Gasteiger partial charge in [-0.15, -0.1) is 0 Å². The van der Waals surface area contributed by atoms with Crippen LogP contribution in [-0.4, -0.2) is 185 Å². The van der Waals surface area contributed by atoms with Gasteiger partial charge in [0, 0.05) is 57.5 Å². The first kappa shape index (κ1) is 72.3. The van der Waals surface area contributed by atoms with Crippen LogP contribution in [0.1, 0.15) is 62.3 Å². The van der Waals surface area contributed by atoms with Crippen molar-refractivity contribution in [2.24, 2.45) is 0 Å². The number of imidazole rings is 4. The Morgan fingerprint density at radius 1 is 0.472 bits per heavy atom. The zero-order chi connectivity index (χ0) is 74.2. The van der Waals surface area contributed by atoms with Crippen LogP contribution in [0.5, 0.6) is 17.2 Å². The van der Waals surface area contributed by atoms with Crippen LogP contribution in [0, 0.1) is 27.7 Å². The summed E-state index contributed by atoms with van der Waals surface area (Å²) in [4.78, 5) is 109. The molecule has 0 aliphatic carbocycles. The number of phenolic OH excluding ortho intramolecular Hbond substituents is 1. The van der Waals surface area contributed by atoms with Gasteiger partial charge in [-0.1, -0.05) is 56.0 Å². The number of nitrogens with zero attached hydrogens (tertiary/aromatic N) is 21. The Labute approximate surface area is 611 Å².